The Morgan fingerprint density at radius 1 is 1.33 bits per heavy atom. The van der Waals surface area contributed by atoms with E-state index in [-0.39, 0.29) is 5.69 Å². The van der Waals surface area contributed by atoms with Crippen LogP contribution in [0.4, 0.5) is 24.5 Å². The molecule has 0 amide bonds. The van der Waals surface area contributed by atoms with Gasteiger partial charge < -0.3 is 5.32 Å². The average Bonchev–Trinajstić information content (AvgIpc) is 2.35. The maximum Gasteiger partial charge on any atom is 0.390 e. The number of anilines is 1. The molecule has 118 valence electrons. The highest BCUT2D eigenvalue weighted by atomic mass is 32.2. The quantitative estimate of drug-likeness (QED) is 0.613. The van der Waals surface area contributed by atoms with Gasteiger partial charge in [0.1, 0.15) is 5.69 Å². The van der Waals surface area contributed by atoms with Crippen LogP contribution in [0, 0.1) is 10.1 Å². The van der Waals surface area contributed by atoms with E-state index >= 15 is 0 Å². The Kier molecular flexibility index (Phi) is 5.12. The lowest BCUT2D eigenvalue weighted by Crippen LogP contribution is -2.28. The van der Waals surface area contributed by atoms with Crippen molar-refractivity contribution in [1.82, 2.24) is 4.72 Å². The molecule has 0 unspecified atom stereocenters. The van der Waals surface area contributed by atoms with Gasteiger partial charge in [0.25, 0.3) is 5.69 Å². The summed E-state index contributed by atoms with van der Waals surface area (Å²) in [5.74, 6) is 0. The van der Waals surface area contributed by atoms with E-state index in [9.17, 15) is 31.7 Å². The predicted octanol–water partition coefficient (Wildman–Crippen LogP) is 1.87. The second-order valence-corrected chi connectivity index (χ2v) is 5.72. The van der Waals surface area contributed by atoms with E-state index in [1.165, 1.54) is 7.05 Å². The van der Waals surface area contributed by atoms with Crippen molar-refractivity contribution in [2.75, 3.05) is 18.9 Å². The van der Waals surface area contributed by atoms with Gasteiger partial charge in [0.05, 0.1) is 16.2 Å². The molecule has 21 heavy (non-hydrogen) atoms. The molecule has 0 bridgehead atoms. The van der Waals surface area contributed by atoms with Gasteiger partial charge in [0, 0.05) is 19.7 Å². The second kappa shape index (κ2) is 6.26. The van der Waals surface area contributed by atoms with Crippen molar-refractivity contribution < 1.29 is 26.5 Å². The molecule has 0 spiro atoms. The van der Waals surface area contributed by atoms with Gasteiger partial charge in [-0.3, -0.25) is 10.1 Å². The van der Waals surface area contributed by atoms with Crippen LogP contribution >= 0.6 is 0 Å². The van der Waals surface area contributed by atoms with E-state index in [0.29, 0.717) is 0 Å². The third-order valence-electron chi connectivity index (χ3n) is 2.45. The summed E-state index contributed by atoms with van der Waals surface area (Å²) in [4.78, 5) is 9.54. The lowest BCUT2D eigenvalue weighted by atomic mass is 10.3. The summed E-state index contributed by atoms with van der Waals surface area (Å²) in [6.07, 6.45) is -5.83. The van der Waals surface area contributed by atoms with Crippen molar-refractivity contribution >= 4 is 21.4 Å². The summed E-state index contributed by atoms with van der Waals surface area (Å²) >= 11 is 0. The smallest absolute Gasteiger partial charge is 0.383 e. The number of nitro benzene ring substituents is 1. The third kappa shape index (κ3) is 4.86. The van der Waals surface area contributed by atoms with Gasteiger partial charge in [-0.25, -0.2) is 13.1 Å². The predicted molar refractivity (Wildman–Crippen MR) is 68.5 cm³/mol. The van der Waals surface area contributed by atoms with Crippen LogP contribution in [0.5, 0.6) is 0 Å². The lowest BCUT2D eigenvalue weighted by Gasteiger charge is -2.09. The number of sulfonamides is 1. The van der Waals surface area contributed by atoms with Crippen LogP contribution in [0.1, 0.15) is 6.42 Å². The van der Waals surface area contributed by atoms with Gasteiger partial charge in [-0.05, 0) is 12.1 Å². The number of nitrogens with one attached hydrogen (secondary N) is 2. The molecule has 2 N–H and O–H groups in total. The van der Waals surface area contributed by atoms with Gasteiger partial charge in [-0.15, -0.1) is 0 Å². The Balaban J connectivity index is 2.99. The van der Waals surface area contributed by atoms with Crippen molar-refractivity contribution in [1.29, 1.82) is 0 Å². The topological polar surface area (TPSA) is 101 Å². The van der Waals surface area contributed by atoms with Crippen LogP contribution < -0.4 is 10.0 Å². The van der Waals surface area contributed by atoms with Gasteiger partial charge in [-0.1, -0.05) is 0 Å². The van der Waals surface area contributed by atoms with E-state index in [0.717, 1.165) is 18.2 Å². The minimum atomic E-state index is -4.50. The average molecular weight is 327 g/mol. The zero-order valence-electron chi connectivity index (χ0n) is 10.8. The minimum absolute atomic E-state index is 0.0919. The number of halogens is 3. The van der Waals surface area contributed by atoms with E-state index in [1.807, 2.05) is 0 Å². The molecular weight excluding hydrogens is 315 g/mol. The van der Waals surface area contributed by atoms with E-state index in [1.54, 1.807) is 4.72 Å². The SMILES string of the molecule is CNc1ccc(S(=O)(=O)NCCC(F)(F)F)cc1[N+](=O)[O-]. The highest BCUT2D eigenvalue weighted by molar-refractivity contribution is 7.89. The monoisotopic (exact) mass is 327 g/mol. The molecule has 7 nitrogen and oxygen atoms in total. The fourth-order valence-corrected chi connectivity index (χ4v) is 2.50. The van der Waals surface area contributed by atoms with Crippen LogP contribution in [0.3, 0.4) is 0 Å². The normalized spacial score (nSPS) is 12.2. The molecule has 11 heteroatoms. The number of alkyl halides is 3. The zero-order chi connectivity index (χ0) is 16.3. The molecule has 0 saturated heterocycles. The molecule has 0 aliphatic heterocycles. The molecule has 0 radical (unpaired) electrons. The molecule has 1 aromatic rings. The molecule has 1 aromatic carbocycles. The highest BCUT2D eigenvalue weighted by Gasteiger charge is 2.28. The zero-order valence-corrected chi connectivity index (χ0v) is 11.6. The standard InChI is InChI=1S/C10H12F3N3O4S/c1-14-8-3-2-7(6-9(8)16(17)18)21(19,20)15-5-4-10(11,12)13/h2-3,6,14-15H,4-5H2,1H3. The lowest BCUT2D eigenvalue weighted by molar-refractivity contribution is -0.384. The molecule has 1 rings (SSSR count). The van der Waals surface area contributed by atoms with Gasteiger partial charge in [0.15, 0.2) is 0 Å². The number of nitro groups is 1. The van der Waals surface area contributed by atoms with Crippen molar-refractivity contribution in [2.24, 2.45) is 0 Å². The summed E-state index contributed by atoms with van der Waals surface area (Å²) in [6, 6.07) is 3.01. The summed E-state index contributed by atoms with van der Waals surface area (Å²) in [5, 5.41) is 13.3. The largest absolute Gasteiger partial charge is 0.390 e. The van der Waals surface area contributed by atoms with Crippen LogP contribution in [-0.4, -0.2) is 33.1 Å². The molecule has 0 fully saturated rings. The van der Waals surface area contributed by atoms with Gasteiger partial charge in [0.2, 0.25) is 10.0 Å². The molecule has 0 heterocycles. The van der Waals surface area contributed by atoms with E-state index < -0.39 is 44.7 Å². The van der Waals surface area contributed by atoms with Crippen LogP contribution in [0.2, 0.25) is 0 Å². The van der Waals surface area contributed by atoms with E-state index in [2.05, 4.69) is 5.32 Å². The van der Waals surface area contributed by atoms with Crippen molar-refractivity contribution in [2.45, 2.75) is 17.5 Å². The Morgan fingerprint density at radius 3 is 2.43 bits per heavy atom. The number of rotatable bonds is 6. The maximum atomic E-state index is 12.0. The number of nitrogens with zero attached hydrogens (tertiary/aromatic N) is 1. The van der Waals surface area contributed by atoms with Crippen LogP contribution in [-0.2, 0) is 10.0 Å². The fourth-order valence-electron chi connectivity index (χ4n) is 1.45. The Labute approximate surface area is 118 Å². The second-order valence-electron chi connectivity index (χ2n) is 3.95. The third-order valence-corrected chi connectivity index (χ3v) is 3.90. The summed E-state index contributed by atoms with van der Waals surface area (Å²) < 4.78 is 61.2. The van der Waals surface area contributed by atoms with Gasteiger partial charge in [-0.2, -0.15) is 13.2 Å². The molecule has 0 aliphatic carbocycles. The number of hydrogen-bond donors (Lipinski definition) is 2. The fraction of sp³-hybridized carbons (Fsp3) is 0.400. The first-order valence-electron chi connectivity index (χ1n) is 5.59. The van der Waals surface area contributed by atoms with Crippen LogP contribution in [0.15, 0.2) is 23.1 Å². The molecule has 0 atom stereocenters. The maximum absolute atomic E-state index is 12.0. The summed E-state index contributed by atoms with van der Waals surface area (Å²) in [5.41, 5.74) is -0.398. The van der Waals surface area contributed by atoms with Crippen LogP contribution in [0.25, 0.3) is 0 Å². The summed E-state index contributed by atoms with van der Waals surface area (Å²) in [6.45, 7) is -0.840. The van der Waals surface area contributed by atoms with Crippen molar-refractivity contribution in [3.63, 3.8) is 0 Å². The first-order chi connectivity index (χ1) is 9.57. The minimum Gasteiger partial charge on any atom is -0.383 e. The molecular formula is C10H12F3N3O4S. The Hall–Kier alpha value is -1.88. The molecule has 0 aliphatic rings. The van der Waals surface area contributed by atoms with Crippen molar-refractivity contribution in [3.05, 3.63) is 28.3 Å². The number of benzene rings is 1. The molecule has 0 aromatic heterocycles. The Bertz CT molecular complexity index is 631. The first-order valence-corrected chi connectivity index (χ1v) is 7.08. The highest BCUT2D eigenvalue weighted by Crippen LogP contribution is 2.27. The number of hydrogen-bond acceptors (Lipinski definition) is 5. The van der Waals surface area contributed by atoms with Gasteiger partial charge >= 0.3 is 6.18 Å². The Morgan fingerprint density at radius 2 is 1.95 bits per heavy atom. The van der Waals surface area contributed by atoms with Crippen molar-refractivity contribution in [3.8, 4) is 0 Å². The molecule has 0 saturated carbocycles. The van der Waals surface area contributed by atoms with E-state index in [4.69, 9.17) is 0 Å². The summed E-state index contributed by atoms with van der Waals surface area (Å²) in [7, 11) is -2.83. The first kappa shape index (κ1) is 17.2.